The Bertz CT molecular complexity index is 735. The first-order chi connectivity index (χ1) is 9.88. The third kappa shape index (κ3) is 3.48. The molecule has 0 aliphatic rings. The Morgan fingerprint density at radius 1 is 1.33 bits per heavy atom. The molecule has 0 bridgehead atoms. The molecule has 0 saturated heterocycles. The van der Waals surface area contributed by atoms with Crippen LogP contribution in [-0.2, 0) is 0 Å². The van der Waals surface area contributed by atoms with Crippen LogP contribution in [0.2, 0.25) is 10.2 Å². The summed E-state index contributed by atoms with van der Waals surface area (Å²) in [6, 6.07) is 5.48. The highest BCUT2D eigenvalue weighted by atomic mass is 35.5. The number of anilines is 1. The first-order valence-electron chi connectivity index (χ1n) is 5.76. The number of benzene rings is 1. The van der Waals surface area contributed by atoms with Crippen LogP contribution in [0.25, 0.3) is 0 Å². The van der Waals surface area contributed by atoms with Crippen molar-refractivity contribution in [3.63, 3.8) is 0 Å². The highest BCUT2D eigenvalue weighted by molar-refractivity contribution is 6.32. The van der Waals surface area contributed by atoms with E-state index in [0.717, 1.165) is 6.07 Å². The van der Waals surface area contributed by atoms with Crippen molar-refractivity contribution in [3.05, 3.63) is 61.9 Å². The van der Waals surface area contributed by atoms with Gasteiger partial charge in [0.15, 0.2) is 0 Å². The van der Waals surface area contributed by atoms with Gasteiger partial charge in [0, 0.05) is 11.6 Å². The average Bonchev–Trinajstić information content (AvgIpc) is 2.43. The molecule has 108 valence electrons. The lowest BCUT2D eigenvalue weighted by Crippen LogP contribution is -2.12. The molecule has 8 heteroatoms. The van der Waals surface area contributed by atoms with Gasteiger partial charge in [0.1, 0.15) is 10.2 Å². The van der Waals surface area contributed by atoms with Gasteiger partial charge in [0.25, 0.3) is 11.6 Å². The van der Waals surface area contributed by atoms with E-state index in [2.05, 4.69) is 10.3 Å². The summed E-state index contributed by atoms with van der Waals surface area (Å²) in [5, 5.41) is 13.7. The van der Waals surface area contributed by atoms with Crippen molar-refractivity contribution in [2.24, 2.45) is 0 Å². The Morgan fingerprint density at radius 2 is 2.05 bits per heavy atom. The zero-order valence-electron chi connectivity index (χ0n) is 10.8. The molecule has 0 fully saturated rings. The summed E-state index contributed by atoms with van der Waals surface area (Å²) in [5.41, 5.74) is 0.949. The molecule has 0 aliphatic carbocycles. The average molecular weight is 326 g/mol. The fourth-order valence-corrected chi connectivity index (χ4v) is 1.91. The van der Waals surface area contributed by atoms with E-state index < -0.39 is 10.8 Å². The van der Waals surface area contributed by atoms with Gasteiger partial charge < -0.3 is 5.32 Å². The predicted octanol–water partition coefficient (Wildman–Crippen LogP) is 3.86. The summed E-state index contributed by atoms with van der Waals surface area (Å²) < 4.78 is 0. The summed E-state index contributed by atoms with van der Waals surface area (Å²) in [4.78, 5) is 26.1. The number of nitrogens with one attached hydrogen (secondary N) is 1. The zero-order valence-corrected chi connectivity index (χ0v) is 12.3. The molecule has 0 spiro atoms. The van der Waals surface area contributed by atoms with Crippen LogP contribution < -0.4 is 5.32 Å². The summed E-state index contributed by atoms with van der Waals surface area (Å²) >= 11 is 11.5. The molecule has 0 unspecified atom stereocenters. The van der Waals surface area contributed by atoms with E-state index in [9.17, 15) is 14.9 Å². The van der Waals surface area contributed by atoms with Crippen molar-refractivity contribution in [3.8, 4) is 0 Å². The minimum absolute atomic E-state index is 0.0273. The Balaban J connectivity index is 2.26. The van der Waals surface area contributed by atoms with E-state index in [1.807, 2.05) is 0 Å². The number of carbonyl (C=O) groups is 1. The predicted molar refractivity (Wildman–Crippen MR) is 80.0 cm³/mol. The summed E-state index contributed by atoms with van der Waals surface area (Å²) in [6.07, 6.45) is 1.40. The minimum atomic E-state index is -0.646. The molecule has 1 amide bonds. The highest BCUT2D eigenvalue weighted by Crippen LogP contribution is 2.25. The van der Waals surface area contributed by atoms with E-state index in [1.165, 1.54) is 18.3 Å². The Morgan fingerprint density at radius 3 is 2.67 bits per heavy atom. The third-order valence-electron chi connectivity index (χ3n) is 2.68. The quantitative estimate of drug-likeness (QED) is 0.527. The van der Waals surface area contributed by atoms with Gasteiger partial charge in [0.2, 0.25) is 0 Å². The lowest BCUT2D eigenvalue weighted by atomic mass is 10.2. The van der Waals surface area contributed by atoms with Gasteiger partial charge in [-0.3, -0.25) is 14.9 Å². The molecule has 0 saturated carbocycles. The van der Waals surface area contributed by atoms with Gasteiger partial charge in [-0.1, -0.05) is 23.2 Å². The Hall–Kier alpha value is -2.18. The maximum absolute atomic E-state index is 12.1. The summed E-state index contributed by atoms with van der Waals surface area (Å²) in [7, 11) is 0. The summed E-state index contributed by atoms with van der Waals surface area (Å²) in [5.74, 6) is -0.502. The Labute approximate surface area is 129 Å². The number of aryl methyl sites for hydroxylation is 1. The maximum atomic E-state index is 12.1. The third-order valence-corrected chi connectivity index (χ3v) is 3.39. The molecule has 1 aromatic carbocycles. The number of nitro groups is 1. The standard InChI is InChI=1S/C13H9Cl2N3O3/c1-7-4-9(6-16-12(7)15)17-13(19)8-2-3-10(14)11(5-8)18(20)21/h2-6H,1H3,(H,17,19). The van der Waals surface area contributed by atoms with E-state index >= 15 is 0 Å². The van der Waals surface area contributed by atoms with Gasteiger partial charge >= 0.3 is 0 Å². The number of hydrogen-bond donors (Lipinski definition) is 1. The lowest BCUT2D eigenvalue weighted by Gasteiger charge is -2.06. The molecule has 1 heterocycles. The van der Waals surface area contributed by atoms with Gasteiger partial charge in [-0.25, -0.2) is 4.98 Å². The number of carbonyl (C=O) groups excluding carboxylic acids is 1. The number of halogens is 2. The van der Waals surface area contributed by atoms with Gasteiger partial charge in [-0.05, 0) is 30.7 Å². The second-order valence-electron chi connectivity index (χ2n) is 4.21. The second-order valence-corrected chi connectivity index (χ2v) is 4.97. The van der Waals surface area contributed by atoms with Crippen molar-refractivity contribution < 1.29 is 9.72 Å². The molecule has 21 heavy (non-hydrogen) atoms. The lowest BCUT2D eigenvalue weighted by molar-refractivity contribution is -0.384. The van der Waals surface area contributed by atoms with Crippen LogP contribution in [0, 0.1) is 17.0 Å². The van der Waals surface area contributed by atoms with Crippen LogP contribution in [0.4, 0.5) is 11.4 Å². The van der Waals surface area contributed by atoms with Crippen molar-refractivity contribution in [1.29, 1.82) is 0 Å². The number of rotatable bonds is 3. The number of aromatic nitrogens is 1. The largest absolute Gasteiger partial charge is 0.321 e. The number of pyridine rings is 1. The molecule has 0 atom stereocenters. The molecule has 1 N–H and O–H groups in total. The molecule has 6 nitrogen and oxygen atoms in total. The number of nitrogens with zero attached hydrogens (tertiary/aromatic N) is 2. The van der Waals surface area contributed by atoms with Gasteiger partial charge in [-0.15, -0.1) is 0 Å². The van der Waals surface area contributed by atoms with Crippen LogP contribution in [-0.4, -0.2) is 15.8 Å². The molecular formula is C13H9Cl2N3O3. The SMILES string of the molecule is Cc1cc(NC(=O)c2ccc(Cl)c([N+](=O)[O-])c2)cnc1Cl. The topological polar surface area (TPSA) is 85.1 Å². The molecule has 2 rings (SSSR count). The minimum Gasteiger partial charge on any atom is -0.321 e. The van der Waals surface area contributed by atoms with E-state index in [-0.39, 0.29) is 16.3 Å². The number of amides is 1. The molecular weight excluding hydrogens is 317 g/mol. The van der Waals surface area contributed by atoms with Gasteiger partial charge in [0.05, 0.1) is 16.8 Å². The maximum Gasteiger partial charge on any atom is 0.288 e. The van der Waals surface area contributed by atoms with Crippen LogP contribution >= 0.6 is 23.2 Å². The van der Waals surface area contributed by atoms with Crippen molar-refractivity contribution >= 4 is 40.5 Å². The fraction of sp³-hybridized carbons (Fsp3) is 0.0769. The smallest absolute Gasteiger partial charge is 0.288 e. The molecule has 0 radical (unpaired) electrons. The van der Waals surface area contributed by atoms with Gasteiger partial charge in [-0.2, -0.15) is 0 Å². The van der Waals surface area contributed by atoms with E-state index in [1.54, 1.807) is 13.0 Å². The van der Waals surface area contributed by atoms with E-state index in [4.69, 9.17) is 23.2 Å². The van der Waals surface area contributed by atoms with Crippen molar-refractivity contribution in [2.45, 2.75) is 6.92 Å². The normalized spacial score (nSPS) is 10.2. The molecule has 1 aromatic heterocycles. The zero-order chi connectivity index (χ0) is 15.6. The number of hydrogen-bond acceptors (Lipinski definition) is 4. The summed E-state index contributed by atoms with van der Waals surface area (Å²) in [6.45, 7) is 1.75. The molecule has 0 aliphatic heterocycles. The fourth-order valence-electron chi connectivity index (χ4n) is 1.62. The van der Waals surface area contributed by atoms with Crippen molar-refractivity contribution in [1.82, 2.24) is 4.98 Å². The van der Waals surface area contributed by atoms with E-state index in [0.29, 0.717) is 16.4 Å². The monoisotopic (exact) mass is 325 g/mol. The van der Waals surface area contributed by atoms with Crippen LogP contribution in [0.3, 0.4) is 0 Å². The van der Waals surface area contributed by atoms with Crippen LogP contribution in [0.1, 0.15) is 15.9 Å². The highest BCUT2D eigenvalue weighted by Gasteiger charge is 2.16. The first kappa shape index (κ1) is 15.2. The van der Waals surface area contributed by atoms with Crippen LogP contribution in [0.15, 0.2) is 30.5 Å². The Kier molecular flexibility index (Phi) is 4.40. The molecule has 2 aromatic rings. The van der Waals surface area contributed by atoms with Crippen molar-refractivity contribution in [2.75, 3.05) is 5.32 Å². The second kappa shape index (κ2) is 6.07. The number of nitro benzene ring substituents is 1. The van der Waals surface area contributed by atoms with Crippen LogP contribution in [0.5, 0.6) is 0 Å². The first-order valence-corrected chi connectivity index (χ1v) is 6.51.